The SMILES string of the molecule is CCNC(CN1CC2CCC1C2)(C(=O)OCC)C1CC1. The van der Waals surface area contributed by atoms with E-state index in [1.807, 2.05) is 6.92 Å². The highest BCUT2D eigenvalue weighted by Crippen LogP contribution is 2.44. The van der Waals surface area contributed by atoms with E-state index in [0.29, 0.717) is 18.6 Å². The van der Waals surface area contributed by atoms with Crippen molar-refractivity contribution in [3.63, 3.8) is 0 Å². The van der Waals surface area contributed by atoms with Crippen molar-refractivity contribution in [2.24, 2.45) is 11.8 Å². The lowest BCUT2D eigenvalue weighted by atomic mass is 9.91. The van der Waals surface area contributed by atoms with Crippen LogP contribution in [0, 0.1) is 11.8 Å². The summed E-state index contributed by atoms with van der Waals surface area (Å²) in [5, 5.41) is 3.51. The average Bonchev–Trinajstić information content (AvgIpc) is 3.09. The molecule has 3 fully saturated rings. The van der Waals surface area contributed by atoms with E-state index in [-0.39, 0.29) is 5.97 Å². The molecule has 1 heterocycles. The number of nitrogens with zero attached hydrogens (tertiary/aromatic N) is 1. The molecule has 3 rings (SSSR count). The zero-order valence-corrected chi connectivity index (χ0v) is 12.9. The number of fused-ring (bicyclic) bond motifs is 2. The molecule has 1 aliphatic heterocycles. The molecule has 114 valence electrons. The molecule has 3 aliphatic rings. The van der Waals surface area contributed by atoms with E-state index in [9.17, 15) is 4.79 Å². The Balaban J connectivity index is 1.75. The fourth-order valence-electron chi connectivity index (χ4n) is 4.32. The standard InChI is InChI=1S/C16H28N2O2/c1-3-17-16(13-6-7-13,15(19)20-4-2)11-18-10-12-5-8-14(18)9-12/h12-14,17H,3-11H2,1-2H3. The van der Waals surface area contributed by atoms with Crippen molar-refractivity contribution in [3.05, 3.63) is 0 Å². The van der Waals surface area contributed by atoms with E-state index in [1.165, 1.54) is 25.8 Å². The van der Waals surface area contributed by atoms with Crippen molar-refractivity contribution in [2.45, 2.75) is 57.5 Å². The first-order chi connectivity index (χ1) is 9.69. The number of hydrogen-bond acceptors (Lipinski definition) is 4. The van der Waals surface area contributed by atoms with Crippen molar-refractivity contribution >= 4 is 5.97 Å². The topological polar surface area (TPSA) is 41.6 Å². The molecule has 0 radical (unpaired) electrons. The number of piperidine rings is 1. The maximum absolute atomic E-state index is 12.6. The van der Waals surface area contributed by atoms with Gasteiger partial charge in [0.15, 0.2) is 0 Å². The van der Waals surface area contributed by atoms with Crippen LogP contribution in [-0.2, 0) is 9.53 Å². The molecule has 2 bridgehead atoms. The van der Waals surface area contributed by atoms with Crippen LogP contribution in [0.2, 0.25) is 0 Å². The highest BCUT2D eigenvalue weighted by molar-refractivity contribution is 5.82. The average molecular weight is 280 g/mol. The second-order valence-electron chi connectivity index (χ2n) is 6.76. The summed E-state index contributed by atoms with van der Waals surface area (Å²) >= 11 is 0. The van der Waals surface area contributed by atoms with Gasteiger partial charge in [-0.3, -0.25) is 4.90 Å². The van der Waals surface area contributed by atoms with E-state index in [2.05, 4.69) is 17.1 Å². The second-order valence-corrected chi connectivity index (χ2v) is 6.76. The monoisotopic (exact) mass is 280 g/mol. The van der Waals surface area contributed by atoms with Gasteiger partial charge in [0.05, 0.1) is 6.61 Å². The molecular weight excluding hydrogens is 252 g/mol. The van der Waals surface area contributed by atoms with Crippen LogP contribution in [0.4, 0.5) is 0 Å². The van der Waals surface area contributed by atoms with Crippen LogP contribution in [0.15, 0.2) is 0 Å². The molecule has 4 heteroatoms. The largest absolute Gasteiger partial charge is 0.465 e. The third-order valence-electron chi connectivity index (χ3n) is 5.38. The Morgan fingerprint density at radius 2 is 2.10 bits per heavy atom. The summed E-state index contributed by atoms with van der Waals surface area (Å²) in [6, 6.07) is 0.714. The van der Waals surface area contributed by atoms with Crippen molar-refractivity contribution in [1.29, 1.82) is 0 Å². The Labute approximate surface area is 122 Å². The lowest BCUT2D eigenvalue weighted by molar-refractivity contribution is -0.153. The van der Waals surface area contributed by atoms with E-state index >= 15 is 0 Å². The van der Waals surface area contributed by atoms with Gasteiger partial charge in [0.1, 0.15) is 5.54 Å². The van der Waals surface area contributed by atoms with Crippen molar-refractivity contribution in [1.82, 2.24) is 10.2 Å². The number of ether oxygens (including phenoxy) is 1. The normalized spacial score (nSPS) is 32.3. The molecule has 0 aromatic carbocycles. The van der Waals surface area contributed by atoms with Crippen LogP contribution in [0.5, 0.6) is 0 Å². The zero-order valence-electron chi connectivity index (χ0n) is 12.9. The first kappa shape index (κ1) is 14.3. The number of nitrogens with one attached hydrogen (secondary N) is 1. The molecule has 4 nitrogen and oxygen atoms in total. The number of rotatable bonds is 7. The molecule has 1 N–H and O–H groups in total. The van der Waals surface area contributed by atoms with Gasteiger partial charge in [0.25, 0.3) is 0 Å². The van der Waals surface area contributed by atoms with Crippen LogP contribution >= 0.6 is 0 Å². The van der Waals surface area contributed by atoms with Gasteiger partial charge in [0.2, 0.25) is 0 Å². The summed E-state index contributed by atoms with van der Waals surface area (Å²) in [4.78, 5) is 15.2. The third kappa shape index (κ3) is 2.48. The third-order valence-corrected chi connectivity index (χ3v) is 5.38. The van der Waals surface area contributed by atoms with Crippen molar-refractivity contribution in [3.8, 4) is 0 Å². The van der Waals surface area contributed by atoms with E-state index < -0.39 is 5.54 Å². The number of carbonyl (C=O) groups excluding carboxylic acids is 1. The Morgan fingerprint density at radius 3 is 2.60 bits per heavy atom. The quantitative estimate of drug-likeness (QED) is 0.722. The van der Waals surface area contributed by atoms with Gasteiger partial charge in [-0.25, -0.2) is 4.79 Å². The number of likely N-dealkylation sites (tertiary alicyclic amines) is 1. The van der Waals surface area contributed by atoms with Crippen LogP contribution in [0.3, 0.4) is 0 Å². The molecule has 20 heavy (non-hydrogen) atoms. The zero-order chi connectivity index (χ0) is 14.2. The first-order valence-electron chi connectivity index (χ1n) is 8.36. The lowest BCUT2D eigenvalue weighted by Crippen LogP contribution is -2.62. The molecule has 0 amide bonds. The van der Waals surface area contributed by atoms with Gasteiger partial charge >= 0.3 is 5.97 Å². The summed E-state index contributed by atoms with van der Waals surface area (Å²) in [6.07, 6.45) is 6.37. The summed E-state index contributed by atoms with van der Waals surface area (Å²) in [5.74, 6) is 1.33. The van der Waals surface area contributed by atoms with Crippen molar-refractivity contribution in [2.75, 3.05) is 26.2 Å². The van der Waals surface area contributed by atoms with Crippen molar-refractivity contribution < 1.29 is 9.53 Å². The van der Waals surface area contributed by atoms with Crippen LogP contribution in [0.25, 0.3) is 0 Å². The summed E-state index contributed by atoms with van der Waals surface area (Å²) in [5.41, 5.74) is -0.449. The Hall–Kier alpha value is -0.610. The Bertz CT molecular complexity index is 369. The highest BCUT2D eigenvalue weighted by atomic mass is 16.5. The summed E-state index contributed by atoms with van der Waals surface area (Å²) in [7, 11) is 0. The van der Waals surface area contributed by atoms with Crippen LogP contribution < -0.4 is 5.32 Å². The smallest absolute Gasteiger partial charge is 0.327 e. The van der Waals surface area contributed by atoms with Gasteiger partial charge in [0, 0.05) is 19.1 Å². The molecule has 0 aromatic rings. The number of carbonyl (C=O) groups is 1. The van der Waals surface area contributed by atoms with Crippen LogP contribution in [0.1, 0.15) is 46.0 Å². The van der Waals surface area contributed by atoms with E-state index in [0.717, 1.165) is 31.8 Å². The summed E-state index contributed by atoms with van der Waals surface area (Å²) < 4.78 is 5.42. The Kier molecular flexibility index (Phi) is 4.04. The first-order valence-corrected chi connectivity index (χ1v) is 8.36. The highest BCUT2D eigenvalue weighted by Gasteiger charge is 2.54. The molecule has 1 saturated heterocycles. The minimum absolute atomic E-state index is 0.0212. The minimum Gasteiger partial charge on any atom is -0.465 e. The predicted octanol–water partition coefficient (Wildman–Crippen LogP) is 1.79. The molecule has 0 spiro atoms. The molecule has 2 saturated carbocycles. The van der Waals surface area contributed by atoms with Gasteiger partial charge in [-0.1, -0.05) is 6.92 Å². The van der Waals surface area contributed by atoms with Gasteiger partial charge in [-0.05, 0) is 57.4 Å². The Morgan fingerprint density at radius 1 is 1.30 bits per heavy atom. The predicted molar refractivity (Wildman–Crippen MR) is 78.5 cm³/mol. The fraction of sp³-hybridized carbons (Fsp3) is 0.938. The van der Waals surface area contributed by atoms with Gasteiger partial charge in [-0.2, -0.15) is 0 Å². The molecule has 3 atom stereocenters. The second kappa shape index (κ2) is 5.64. The fourth-order valence-corrected chi connectivity index (χ4v) is 4.32. The van der Waals surface area contributed by atoms with Gasteiger partial charge in [-0.15, -0.1) is 0 Å². The summed E-state index contributed by atoms with van der Waals surface area (Å²) in [6.45, 7) is 7.34. The van der Waals surface area contributed by atoms with Gasteiger partial charge < -0.3 is 10.1 Å². The van der Waals surface area contributed by atoms with Crippen LogP contribution in [-0.4, -0.2) is 48.7 Å². The lowest BCUT2D eigenvalue weighted by Gasteiger charge is -2.39. The number of hydrogen-bond donors (Lipinski definition) is 1. The number of likely N-dealkylation sites (N-methyl/N-ethyl adjacent to an activating group) is 1. The maximum atomic E-state index is 12.6. The molecule has 3 unspecified atom stereocenters. The maximum Gasteiger partial charge on any atom is 0.327 e. The molecular formula is C16H28N2O2. The minimum atomic E-state index is -0.449. The van der Waals surface area contributed by atoms with E-state index in [1.54, 1.807) is 0 Å². The number of esters is 1. The molecule has 2 aliphatic carbocycles. The van der Waals surface area contributed by atoms with E-state index in [4.69, 9.17) is 4.74 Å². The molecule has 0 aromatic heterocycles.